The summed E-state index contributed by atoms with van der Waals surface area (Å²) in [5.41, 5.74) is 0.310. The molecule has 164 valence electrons. The van der Waals surface area contributed by atoms with Crippen LogP contribution in [0.15, 0.2) is 0 Å². The predicted octanol–water partition coefficient (Wildman–Crippen LogP) is 2.13. The van der Waals surface area contributed by atoms with Crippen molar-refractivity contribution in [3.8, 4) is 0 Å². The Hall–Kier alpha value is -0.280. The Morgan fingerprint density at radius 2 is 0.963 bits per heavy atom. The van der Waals surface area contributed by atoms with E-state index >= 15 is 0 Å². The van der Waals surface area contributed by atoms with Crippen molar-refractivity contribution in [2.24, 2.45) is 5.41 Å². The first-order valence-corrected chi connectivity index (χ1v) is 10.1. The highest BCUT2D eigenvalue weighted by Gasteiger charge is 2.08. The molecule has 0 aromatic carbocycles. The standard InChI is InChI=1S/C20H43NO6/c1-19(2)27-17-16-26-15-14-25-13-12-24-11-10-23-9-8-22-7-6-21-18-20(3,4)5/h19,21H,6-18H2,1-5H3. The molecule has 27 heavy (non-hydrogen) atoms. The van der Waals surface area contributed by atoms with Crippen LogP contribution < -0.4 is 5.32 Å². The third-order valence-electron chi connectivity index (χ3n) is 3.25. The van der Waals surface area contributed by atoms with Crippen LogP contribution in [0.2, 0.25) is 0 Å². The van der Waals surface area contributed by atoms with Crippen molar-refractivity contribution in [1.29, 1.82) is 0 Å². The molecule has 0 rings (SSSR count). The van der Waals surface area contributed by atoms with E-state index in [1.807, 2.05) is 13.8 Å². The van der Waals surface area contributed by atoms with Crippen LogP contribution >= 0.6 is 0 Å². The van der Waals surface area contributed by atoms with Crippen molar-refractivity contribution < 1.29 is 28.4 Å². The summed E-state index contributed by atoms with van der Waals surface area (Å²) in [4.78, 5) is 0. The summed E-state index contributed by atoms with van der Waals surface area (Å²) < 4.78 is 32.6. The Kier molecular flexibility index (Phi) is 18.9. The molecule has 7 nitrogen and oxygen atoms in total. The van der Waals surface area contributed by atoms with Gasteiger partial charge in [-0.3, -0.25) is 0 Å². The van der Waals surface area contributed by atoms with Gasteiger partial charge >= 0.3 is 0 Å². The molecule has 1 N–H and O–H groups in total. The second-order valence-corrected chi connectivity index (χ2v) is 7.72. The van der Waals surface area contributed by atoms with Crippen molar-refractivity contribution in [2.75, 3.05) is 85.8 Å². The van der Waals surface area contributed by atoms with Crippen LogP contribution in [-0.2, 0) is 28.4 Å². The largest absolute Gasteiger partial charge is 0.378 e. The fraction of sp³-hybridized carbons (Fsp3) is 1.00. The Labute approximate surface area is 166 Å². The molecule has 0 aromatic rings. The Balaban J connectivity index is 3.03. The number of hydrogen-bond donors (Lipinski definition) is 1. The second-order valence-electron chi connectivity index (χ2n) is 7.72. The highest BCUT2D eigenvalue weighted by Crippen LogP contribution is 2.09. The second kappa shape index (κ2) is 19.1. The zero-order valence-corrected chi connectivity index (χ0v) is 18.2. The molecule has 0 saturated carbocycles. The predicted molar refractivity (Wildman–Crippen MR) is 108 cm³/mol. The fourth-order valence-electron chi connectivity index (χ4n) is 1.93. The van der Waals surface area contributed by atoms with Gasteiger partial charge in [0.05, 0.1) is 78.8 Å². The maximum absolute atomic E-state index is 5.50. The van der Waals surface area contributed by atoms with Crippen LogP contribution in [0, 0.1) is 5.41 Å². The van der Waals surface area contributed by atoms with Crippen molar-refractivity contribution in [3.63, 3.8) is 0 Å². The van der Waals surface area contributed by atoms with E-state index < -0.39 is 0 Å². The Morgan fingerprint density at radius 3 is 1.33 bits per heavy atom. The molecule has 0 aromatic heterocycles. The molecule has 0 saturated heterocycles. The molecule has 0 amide bonds. The van der Waals surface area contributed by atoms with E-state index in [0.29, 0.717) is 78.1 Å². The monoisotopic (exact) mass is 393 g/mol. The normalized spacial score (nSPS) is 12.2. The summed E-state index contributed by atoms with van der Waals surface area (Å²) in [6, 6.07) is 0. The summed E-state index contributed by atoms with van der Waals surface area (Å²) in [6.45, 7) is 19.1. The molecule has 0 aliphatic rings. The molecule has 0 atom stereocenters. The van der Waals surface area contributed by atoms with Gasteiger partial charge in [0.25, 0.3) is 0 Å². The van der Waals surface area contributed by atoms with Gasteiger partial charge in [-0.1, -0.05) is 20.8 Å². The van der Waals surface area contributed by atoms with Crippen molar-refractivity contribution in [1.82, 2.24) is 5.32 Å². The summed E-state index contributed by atoms with van der Waals surface area (Å²) >= 11 is 0. The number of hydrogen-bond acceptors (Lipinski definition) is 7. The van der Waals surface area contributed by atoms with Crippen LogP contribution in [0.1, 0.15) is 34.6 Å². The van der Waals surface area contributed by atoms with Gasteiger partial charge in [0.2, 0.25) is 0 Å². The van der Waals surface area contributed by atoms with Crippen molar-refractivity contribution in [3.05, 3.63) is 0 Å². The SMILES string of the molecule is CC(C)OCCOCCOCCOCCOCCOCCNCC(C)(C)C. The first kappa shape index (κ1) is 26.7. The Bertz CT molecular complexity index is 297. The maximum Gasteiger partial charge on any atom is 0.0703 e. The molecule has 0 aliphatic heterocycles. The van der Waals surface area contributed by atoms with Gasteiger partial charge in [0, 0.05) is 13.1 Å². The van der Waals surface area contributed by atoms with Crippen LogP contribution in [0.4, 0.5) is 0 Å². The van der Waals surface area contributed by atoms with E-state index in [-0.39, 0.29) is 6.10 Å². The van der Waals surface area contributed by atoms with Crippen LogP contribution in [0.5, 0.6) is 0 Å². The van der Waals surface area contributed by atoms with Crippen molar-refractivity contribution >= 4 is 0 Å². The molecule has 7 heteroatoms. The third kappa shape index (κ3) is 25.7. The smallest absolute Gasteiger partial charge is 0.0703 e. The van der Waals surface area contributed by atoms with E-state index in [9.17, 15) is 0 Å². The highest BCUT2D eigenvalue weighted by atomic mass is 16.6. The first-order chi connectivity index (χ1) is 12.9. The number of nitrogens with one attached hydrogen (secondary N) is 1. The summed E-state index contributed by atoms with van der Waals surface area (Å²) in [7, 11) is 0. The molecule has 0 bridgehead atoms. The summed E-state index contributed by atoms with van der Waals surface area (Å²) in [5.74, 6) is 0. The van der Waals surface area contributed by atoms with Gasteiger partial charge in [0.15, 0.2) is 0 Å². The lowest BCUT2D eigenvalue weighted by Gasteiger charge is -2.18. The molecular formula is C20H43NO6. The molecular weight excluding hydrogens is 350 g/mol. The minimum Gasteiger partial charge on any atom is -0.378 e. The average Bonchev–Trinajstić information content (AvgIpc) is 2.58. The number of rotatable bonds is 20. The van der Waals surface area contributed by atoms with E-state index in [1.54, 1.807) is 0 Å². The topological polar surface area (TPSA) is 67.4 Å². The minimum absolute atomic E-state index is 0.249. The van der Waals surface area contributed by atoms with Crippen LogP contribution in [0.3, 0.4) is 0 Å². The maximum atomic E-state index is 5.50. The summed E-state index contributed by atoms with van der Waals surface area (Å²) in [6.07, 6.45) is 0.249. The van der Waals surface area contributed by atoms with Crippen LogP contribution in [-0.4, -0.2) is 91.9 Å². The van der Waals surface area contributed by atoms with E-state index in [2.05, 4.69) is 26.1 Å². The lowest BCUT2D eigenvalue weighted by molar-refractivity contribution is -0.0211. The van der Waals surface area contributed by atoms with Gasteiger partial charge < -0.3 is 33.7 Å². The Morgan fingerprint density at radius 1 is 0.593 bits per heavy atom. The lowest BCUT2D eigenvalue weighted by atomic mass is 9.97. The van der Waals surface area contributed by atoms with Crippen molar-refractivity contribution in [2.45, 2.75) is 40.7 Å². The average molecular weight is 394 g/mol. The van der Waals surface area contributed by atoms with Gasteiger partial charge in [0.1, 0.15) is 0 Å². The fourth-order valence-corrected chi connectivity index (χ4v) is 1.93. The van der Waals surface area contributed by atoms with E-state index in [1.165, 1.54) is 0 Å². The molecule has 0 heterocycles. The molecule has 0 aliphatic carbocycles. The van der Waals surface area contributed by atoms with E-state index in [4.69, 9.17) is 28.4 Å². The van der Waals surface area contributed by atoms with E-state index in [0.717, 1.165) is 13.1 Å². The number of ether oxygens (including phenoxy) is 6. The zero-order chi connectivity index (χ0) is 20.2. The van der Waals surface area contributed by atoms with Gasteiger partial charge in [-0.05, 0) is 19.3 Å². The molecule has 0 unspecified atom stereocenters. The minimum atomic E-state index is 0.249. The zero-order valence-electron chi connectivity index (χ0n) is 18.2. The highest BCUT2D eigenvalue weighted by molar-refractivity contribution is 4.64. The van der Waals surface area contributed by atoms with Crippen LogP contribution in [0.25, 0.3) is 0 Å². The molecule has 0 radical (unpaired) electrons. The quantitative estimate of drug-likeness (QED) is 0.318. The van der Waals surface area contributed by atoms with Gasteiger partial charge in [-0.15, -0.1) is 0 Å². The first-order valence-electron chi connectivity index (χ1n) is 10.1. The molecule has 0 fully saturated rings. The lowest BCUT2D eigenvalue weighted by Crippen LogP contribution is -2.29. The third-order valence-corrected chi connectivity index (χ3v) is 3.25. The van der Waals surface area contributed by atoms with Gasteiger partial charge in [-0.2, -0.15) is 0 Å². The van der Waals surface area contributed by atoms with Gasteiger partial charge in [-0.25, -0.2) is 0 Å². The molecule has 0 spiro atoms. The summed E-state index contributed by atoms with van der Waals surface area (Å²) in [5, 5.41) is 3.37.